The lowest BCUT2D eigenvalue weighted by Crippen LogP contribution is -2.40. The normalized spacial score (nSPS) is 17.8. The fraction of sp³-hybridized carbons (Fsp3) is 0.444. The molecule has 2 aromatic rings. The van der Waals surface area contributed by atoms with Crippen LogP contribution in [0.5, 0.6) is 0 Å². The summed E-state index contributed by atoms with van der Waals surface area (Å²) >= 11 is 0. The van der Waals surface area contributed by atoms with Gasteiger partial charge in [-0.2, -0.15) is 18.2 Å². The predicted molar refractivity (Wildman–Crippen MR) is 90.2 cm³/mol. The average Bonchev–Trinajstić information content (AvgIpc) is 3.13. The maximum Gasteiger partial charge on any atom is 0.471 e. The minimum atomic E-state index is -4.64. The minimum Gasteiger partial charge on any atom is -0.383 e. The van der Waals surface area contributed by atoms with Crippen molar-refractivity contribution in [3.63, 3.8) is 0 Å². The minimum absolute atomic E-state index is 0.0712. The summed E-state index contributed by atoms with van der Waals surface area (Å²) in [6.07, 6.45) is -2.52. The largest absolute Gasteiger partial charge is 0.471 e. The van der Waals surface area contributed by atoms with Crippen molar-refractivity contribution in [3.8, 4) is 11.4 Å². The summed E-state index contributed by atoms with van der Waals surface area (Å²) < 4.78 is 47.3. The van der Waals surface area contributed by atoms with Crippen LogP contribution in [0.1, 0.15) is 24.3 Å². The molecule has 1 aromatic heterocycles. The van der Waals surface area contributed by atoms with Gasteiger partial charge in [0.05, 0.1) is 13.2 Å². The van der Waals surface area contributed by atoms with Gasteiger partial charge in [0.2, 0.25) is 5.82 Å². The summed E-state index contributed by atoms with van der Waals surface area (Å²) in [5.41, 5.74) is 4.13. The molecule has 1 saturated heterocycles. The third-order valence-corrected chi connectivity index (χ3v) is 4.74. The van der Waals surface area contributed by atoms with Crippen LogP contribution in [0.2, 0.25) is 0 Å². The number of alkyl halides is 3. The van der Waals surface area contributed by atoms with Crippen molar-refractivity contribution in [3.05, 3.63) is 47.1 Å². The Kier molecular flexibility index (Phi) is 4.77. The number of ether oxygens (including phenoxy) is 1. The molecule has 0 spiro atoms. The number of allylic oxidation sites excluding steroid dienone is 2. The molecule has 2 aliphatic rings. The van der Waals surface area contributed by atoms with Crippen LogP contribution >= 0.6 is 0 Å². The number of morpholine rings is 1. The van der Waals surface area contributed by atoms with Gasteiger partial charge in [-0.25, -0.2) is 0 Å². The van der Waals surface area contributed by atoms with Crippen molar-refractivity contribution >= 4 is 0 Å². The molecule has 1 fully saturated rings. The second kappa shape index (κ2) is 7.22. The Morgan fingerprint density at radius 3 is 2.41 bits per heavy atom. The van der Waals surface area contributed by atoms with Crippen molar-refractivity contribution in [1.29, 1.82) is 0 Å². The molecule has 0 saturated carbocycles. The number of hydrogen-bond acceptors (Lipinski definition) is 6. The Balaban J connectivity index is 1.38. The van der Waals surface area contributed by atoms with E-state index in [0.29, 0.717) is 12.1 Å². The molecule has 9 heteroatoms. The molecule has 0 amide bonds. The Labute approximate surface area is 154 Å². The van der Waals surface area contributed by atoms with E-state index in [1.165, 1.54) is 11.4 Å². The highest BCUT2D eigenvalue weighted by Crippen LogP contribution is 2.30. The molecule has 1 aliphatic heterocycles. The molecule has 1 aliphatic carbocycles. The number of nitrogens with one attached hydrogen (secondary N) is 1. The maximum absolute atomic E-state index is 12.5. The molecular formula is C18H19F3N4O2. The maximum atomic E-state index is 12.5. The first-order valence-corrected chi connectivity index (χ1v) is 8.79. The summed E-state index contributed by atoms with van der Waals surface area (Å²) in [4.78, 5) is 5.77. The average molecular weight is 380 g/mol. The van der Waals surface area contributed by atoms with Crippen LogP contribution in [0.4, 0.5) is 13.2 Å². The zero-order valence-electron chi connectivity index (χ0n) is 14.6. The van der Waals surface area contributed by atoms with E-state index in [1.54, 1.807) is 12.1 Å². The fourth-order valence-corrected chi connectivity index (χ4v) is 3.17. The number of aromatic nitrogens is 2. The summed E-state index contributed by atoms with van der Waals surface area (Å²) in [6.45, 7) is 4.05. The number of rotatable bonds is 5. The summed E-state index contributed by atoms with van der Waals surface area (Å²) in [7, 11) is 0. The fourth-order valence-electron chi connectivity index (χ4n) is 3.17. The second-order valence-corrected chi connectivity index (χ2v) is 6.50. The number of hydrogen-bond donors (Lipinski definition) is 1. The molecule has 1 aromatic carbocycles. The van der Waals surface area contributed by atoms with E-state index in [2.05, 4.69) is 24.9 Å². The molecule has 6 nitrogen and oxygen atoms in total. The first kappa shape index (κ1) is 17.8. The molecule has 0 atom stereocenters. The molecule has 0 bridgehead atoms. The van der Waals surface area contributed by atoms with E-state index in [-0.39, 0.29) is 5.82 Å². The monoisotopic (exact) mass is 380 g/mol. The van der Waals surface area contributed by atoms with E-state index >= 15 is 0 Å². The van der Waals surface area contributed by atoms with E-state index < -0.39 is 12.1 Å². The first-order chi connectivity index (χ1) is 13.0. The van der Waals surface area contributed by atoms with Crippen LogP contribution in [0.3, 0.4) is 0 Å². The zero-order valence-corrected chi connectivity index (χ0v) is 14.6. The van der Waals surface area contributed by atoms with Crippen molar-refractivity contribution in [1.82, 2.24) is 20.4 Å². The molecular weight excluding hydrogens is 361 g/mol. The van der Waals surface area contributed by atoms with Crippen LogP contribution in [-0.2, 0) is 17.5 Å². The van der Waals surface area contributed by atoms with Gasteiger partial charge in [-0.15, -0.1) is 0 Å². The van der Waals surface area contributed by atoms with Gasteiger partial charge in [-0.3, -0.25) is 0 Å². The van der Waals surface area contributed by atoms with Gasteiger partial charge in [-0.05, 0) is 18.4 Å². The van der Waals surface area contributed by atoms with E-state index in [1.807, 2.05) is 12.1 Å². The van der Waals surface area contributed by atoms with Gasteiger partial charge in [0, 0.05) is 36.6 Å². The van der Waals surface area contributed by atoms with Crippen molar-refractivity contribution in [2.75, 3.05) is 26.3 Å². The lowest BCUT2D eigenvalue weighted by Gasteiger charge is -2.37. The molecule has 0 radical (unpaired) electrons. The highest BCUT2D eigenvalue weighted by atomic mass is 19.4. The SMILES string of the molecule is FC(F)(F)c1nc(-c2ccc(CNC3=C(N4CCOCC4)CC3)cc2)no1. The summed E-state index contributed by atoms with van der Waals surface area (Å²) in [6, 6.07) is 7.08. The van der Waals surface area contributed by atoms with Crippen molar-refractivity contribution in [2.24, 2.45) is 0 Å². The Hall–Kier alpha value is -2.55. The second-order valence-electron chi connectivity index (χ2n) is 6.50. The summed E-state index contributed by atoms with van der Waals surface area (Å²) in [5.74, 6) is -1.41. The molecule has 4 rings (SSSR count). The highest BCUT2D eigenvalue weighted by Gasteiger charge is 2.38. The number of nitrogens with zero attached hydrogens (tertiary/aromatic N) is 3. The van der Waals surface area contributed by atoms with E-state index in [4.69, 9.17) is 4.74 Å². The van der Waals surface area contributed by atoms with Crippen LogP contribution in [-0.4, -0.2) is 41.3 Å². The Bertz CT molecular complexity index is 824. The Morgan fingerprint density at radius 2 is 1.81 bits per heavy atom. The van der Waals surface area contributed by atoms with Gasteiger partial charge in [0.25, 0.3) is 0 Å². The van der Waals surface area contributed by atoms with Gasteiger partial charge < -0.3 is 19.5 Å². The van der Waals surface area contributed by atoms with Gasteiger partial charge in [-0.1, -0.05) is 29.4 Å². The van der Waals surface area contributed by atoms with Gasteiger partial charge in [0.15, 0.2) is 0 Å². The third kappa shape index (κ3) is 3.92. The van der Waals surface area contributed by atoms with E-state index in [9.17, 15) is 13.2 Å². The van der Waals surface area contributed by atoms with Crippen LogP contribution in [0, 0.1) is 0 Å². The Morgan fingerprint density at radius 1 is 1.07 bits per heavy atom. The zero-order chi connectivity index (χ0) is 18.9. The molecule has 1 N–H and O–H groups in total. The lowest BCUT2D eigenvalue weighted by atomic mass is 9.98. The quantitative estimate of drug-likeness (QED) is 0.860. The molecule has 2 heterocycles. The van der Waals surface area contributed by atoms with Gasteiger partial charge in [0.1, 0.15) is 0 Å². The lowest BCUT2D eigenvalue weighted by molar-refractivity contribution is -0.159. The molecule has 144 valence electrons. The summed E-state index contributed by atoms with van der Waals surface area (Å²) in [5, 5.41) is 6.86. The topological polar surface area (TPSA) is 63.4 Å². The molecule has 27 heavy (non-hydrogen) atoms. The molecule has 0 unspecified atom stereocenters. The van der Waals surface area contributed by atoms with Crippen LogP contribution in [0.15, 0.2) is 40.2 Å². The van der Waals surface area contributed by atoms with Gasteiger partial charge >= 0.3 is 12.1 Å². The predicted octanol–water partition coefficient (Wildman–Crippen LogP) is 3.18. The number of halogens is 3. The first-order valence-electron chi connectivity index (χ1n) is 8.79. The standard InChI is InChI=1S/C18H19F3N4O2/c19-18(20,21)17-23-16(24-27-17)13-3-1-12(2-4-13)11-22-14-5-6-15(14)25-7-9-26-10-8-25/h1-4,22H,5-11H2. The number of benzene rings is 1. The van der Waals surface area contributed by atoms with Crippen LogP contribution in [0.25, 0.3) is 11.4 Å². The van der Waals surface area contributed by atoms with Crippen molar-refractivity contribution < 1.29 is 22.4 Å². The third-order valence-electron chi connectivity index (χ3n) is 4.74. The smallest absolute Gasteiger partial charge is 0.383 e. The van der Waals surface area contributed by atoms with E-state index in [0.717, 1.165) is 44.7 Å². The van der Waals surface area contributed by atoms with Crippen LogP contribution < -0.4 is 5.32 Å². The highest BCUT2D eigenvalue weighted by molar-refractivity contribution is 5.54. The van der Waals surface area contributed by atoms with Crippen molar-refractivity contribution in [2.45, 2.75) is 25.6 Å².